The summed E-state index contributed by atoms with van der Waals surface area (Å²) in [5, 5.41) is 8.59. The van der Waals surface area contributed by atoms with Gasteiger partial charge in [-0.3, -0.25) is 0 Å². The van der Waals surface area contributed by atoms with E-state index in [0.29, 0.717) is 23.9 Å². The molecule has 1 saturated carbocycles. The minimum absolute atomic E-state index is 0.0761. The molecule has 1 fully saturated rings. The first-order valence-electron chi connectivity index (χ1n) is 7.55. The zero-order chi connectivity index (χ0) is 17.2. The molecule has 1 heterocycles. The van der Waals surface area contributed by atoms with E-state index in [4.69, 9.17) is 21.1 Å². The van der Waals surface area contributed by atoms with Gasteiger partial charge in [-0.2, -0.15) is 0 Å². The van der Waals surface area contributed by atoms with Crippen LogP contribution in [0, 0.1) is 5.92 Å². The number of benzene rings is 1. The Morgan fingerprint density at radius 2 is 2.04 bits per heavy atom. The number of hydrogen-bond acceptors (Lipinski definition) is 4. The number of hydrogen-bond donors (Lipinski definition) is 2. The van der Waals surface area contributed by atoms with Gasteiger partial charge in [-0.05, 0) is 30.9 Å². The molecular weight excluding hydrogens is 338 g/mol. The van der Waals surface area contributed by atoms with Crippen molar-refractivity contribution >= 4 is 33.8 Å². The first kappa shape index (κ1) is 18.4. The van der Waals surface area contributed by atoms with Crippen molar-refractivity contribution in [2.75, 3.05) is 6.61 Å². The Hall–Kier alpha value is -0.950. The summed E-state index contributed by atoms with van der Waals surface area (Å²) in [6.07, 6.45) is 3.86. The van der Waals surface area contributed by atoms with Crippen molar-refractivity contribution in [3.63, 3.8) is 0 Å². The highest BCUT2D eigenvalue weighted by molar-refractivity contribution is 7.79. The van der Waals surface area contributed by atoms with Crippen LogP contribution in [-0.4, -0.2) is 25.5 Å². The third-order valence-electron chi connectivity index (χ3n) is 3.76. The van der Waals surface area contributed by atoms with Gasteiger partial charge < -0.3 is 14.1 Å². The Morgan fingerprint density at radius 1 is 1.39 bits per heavy atom. The topological polar surface area (TPSA) is 83.6 Å². The molecule has 3 rings (SSSR count). The van der Waals surface area contributed by atoms with Crippen molar-refractivity contribution in [2.45, 2.75) is 50.3 Å². The molecule has 1 unspecified atom stereocenters. The maximum atomic E-state index is 11.2. The summed E-state index contributed by atoms with van der Waals surface area (Å²) in [4.78, 5) is 4.37. The van der Waals surface area contributed by atoms with Gasteiger partial charge in [-0.1, -0.05) is 38.8 Å². The molecule has 128 valence electrons. The molecule has 0 aliphatic heterocycles. The molecule has 23 heavy (non-hydrogen) atoms. The summed E-state index contributed by atoms with van der Waals surface area (Å²) in [6, 6.07) is 3.22. The molecule has 2 N–H and O–H groups in total. The average molecular weight is 360 g/mol. The molecule has 0 spiro atoms. The van der Waals surface area contributed by atoms with Crippen molar-refractivity contribution in [3.05, 3.63) is 23.0 Å². The van der Waals surface area contributed by atoms with Crippen LogP contribution in [0.3, 0.4) is 0 Å². The van der Waals surface area contributed by atoms with Crippen LogP contribution in [0.1, 0.15) is 45.9 Å². The monoisotopic (exact) mass is 359 g/mol. The van der Waals surface area contributed by atoms with Crippen LogP contribution in [0.5, 0.6) is 0 Å². The van der Waals surface area contributed by atoms with Crippen LogP contribution in [0.4, 0.5) is 0 Å². The van der Waals surface area contributed by atoms with Crippen LogP contribution in [0.2, 0.25) is 5.02 Å². The van der Waals surface area contributed by atoms with Crippen LogP contribution in [0.15, 0.2) is 21.4 Å². The Balaban J connectivity index is 0.000000268. The van der Waals surface area contributed by atoms with E-state index in [1.165, 1.54) is 19.3 Å². The molecule has 0 radical (unpaired) electrons. The zero-order valence-electron chi connectivity index (χ0n) is 13.5. The standard InChI is InChI=1S/C11H12ClNO3S.C5H10O/c1-11(2,3)10-13-7-5-4-6(12)9(17(14)15)8(7)16-10;6-4-5-2-1-3-5/h4-5H,1-3H3,(H,14,15);5-6H,1-4H2. The molecule has 0 saturated heterocycles. The lowest BCUT2D eigenvalue weighted by Crippen LogP contribution is -2.14. The number of halogens is 1. The number of aromatic nitrogens is 1. The molecule has 1 aliphatic rings. The summed E-state index contributed by atoms with van der Waals surface area (Å²) in [7, 11) is 0. The van der Waals surface area contributed by atoms with Crippen molar-refractivity contribution in [1.29, 1.82) is 0 Å². The second-order valence-corrected chi connectivity index (χ2v) is 8.04. The number of fused-ring (bicyclic) bond motifs is 1. The number of nitrogens with zero attached hydrogens (tertiary/aromatic N) is 1. The van der Waals surface area contributed by atoms with Gasteiger partial charge in [0.2, 0.25) is 5.89 Å². The molecule has 2 aromatic rings. The molecular formula is C16H22ClNO4S. The smallest absolute Gasteiger partial charge is 0.200 e. The molecule has 1 aromatic carbocycles. The van der Waals surface area contributed by atoms with Gasteiger partial charge in [0, 0.05) is 12.0 Å². The fourth-order valence-corrected chi connectivity index (χ4v) is 2.99. The molecule has 5 nitrogen and oxygen atoms in total. The van der Waals surface area contributed by atoms with E-state index < -0.39 is 11.1 Å². The van der Waals surface area contributed by atoms with Gasteiger partial charge in [0.05, 0.1) is 5.02 Å². The van der Waals surface area contributed by atoms with Crippen molar-refractivity contribution in [2.24, 2.45) is 5.92 Å². The van der Waals surface area contributed by atoms with Crippen LogP contribution < -0.4 is 0 Å². The Morgan fingerprint density at radius 3 is 2.43 bits per heavy atom. The lowest BCUT2D eigenvalue weighted by atomic mass is 9.86. The highest BCUT2D eigenvalue weighted by Gasteiger charge is 2.24. The van der Waals surface area contributed by atoms with Crippen LogP contribution >= 0.6 is 11.6 Å². The molecule has 0 bridgehead atoms. The van der Waals surface area contributed by atoms with Gasteiger partial charge in [0.15, 0.2) is 16.7 Å². The normalized spacial score (nSPS) is 16.6. The average Bonchev–Trinajstić information content (AvgIpc) is 2.81. The molecule has 1 aromatic heterocycles. The number of aliphatic hydroxyl groups is 1. The SMILES string of the molecule is CC(C)(C)c1nc2ccc(Cl)c(S(=O)O)c2o1.OCC1CCC1. The lowest BCUT2D eigenvalue weighted by molar-refractivity contribution is 0.163. The lowest BCUT2D eigenvalue weighted by Gasteiger charge is -2.21. The van der Waals surface area contributed by atoms with E-state index in [1.54, 1.807) is 12.1 Å². The number of rotatable bonds is 2. The van der Waals surface area contributed by atoms with E-state index in [2.05, 4.69) is 4.98 Å². The highest BCUT2D eigenvalue weighted by atomic mass is 35.5. The summed E-state index contributed by atoms with van der Waals surface area (Å²) in [5.74, 6) is 1.19. The molecule has 7 heteroatoms. The van der Waals surface area contributed by atoms with E-state index >= 15 is 0 Å². The van der Waals surface area contributed by atoms with Crippen LogP contribution in [-0.2, 0) is 16.5 Å². The van der Waals surface area contributed by atoms with Crippen molar-refractivity contribution in [3.8, 4) is 0 Å². The van der Waals surface area contributed by atoms with E-state index in [-0.39, 0.29) is 20.9 Å². The van der Waals surface area contributed by atoms with E-state index in [9.17, 15) is 8.76 Å². The van der Waals surface area contributed by atoms with Crippen molar-refractivity contribution in [1.82, 2.24) is 4.98 Å². The highest BCUT2D eigenvalue weighted by Crippen LogP contribution is 2.32. The van der Waals surface area contributed by atoms with Crippen LogP contribution in [0.25, 0.3) is 11.1 Å². The third kappa shape index (κ3) is 4.32. The van der Waals surface area contributed by atoms with E-state index in [1.807, 2.05) is 20.8 Å². The Bertz CT molecular complexity index is 701. The first-order valence-corrected chi connectivity index (χ1v) is 9.03. The first-order chi connectivity index (χ1) is 10.7. The quantitative estimate of drug-likeness (QED) is 0.787. The summed E-state index contributed by atoms with van der Waals surface area (Å²) in [6.45, 7) is 6.28. The molecule has 1 aliphatic carbocycles. The van der Waals surface area contributed by atoms with E-state index in [0.717, 1.165) is 0 Å². The van der Waals surface area contributed by atoms with Gasteiger partial charge in [-0.15, -0.1) is 0 Å². The Labute approximate surface area is 143 Å². The number of oxazole rings is 1. The van der Waals surface area contributed by atoms with Gasteiger partial charge in [0.25, 0.3) is 0 Å². The maximum Gasteiger partial charge on any atom is 0.200 e. The fourth-order valence-electron chi connectivity index (χ4n) is 2.10. The Kier molecular flexibility index (Phi) is 5.84. The largest absolute Gasteiger partial charge is 0.439 e. The zero-order valence-corrected chi connectivity index (χ0v) is 15.1. The minimum Gasteiger partial charge on any atom is -0.439 e. The second-order valence-electron chi connectivity index (χ2n) is 6.72. The number of aliphatic hydroxyl groups excluding tert-OH is 1. The predicted octanol–water partition coefficient (Wildman–Crippen LogP) is 4.14. The fraction of sp³-hybridized carbons (Fsp3) is 0.562. The maximum absolute atomic E-state index is 11.2. The minimum atomic E-state index is -2.19. The molecule has 1 atom stereocenters. The second kappa shape index (κ2) is 7.30. The van der Waals surface area contributed by atoms with Gasteiger partial charge in [0.1, 0.15) is 10.4 Å². The van der Waals surface area contributed by atoms with Crippen molar-refractivity contribution < 1.29 is 18.3 Å². The molecule has 0 amide bonds. The summed E-state index contributed by atoms with van der Waals surface area (Å²) >= 11 is 3.69. The predicted molar refractivity (Wildman–Crippen MR) is 91.2 cm³/mol. The summed E-state index contributed by atoms with van der Waals surface area (Å²) < 4.78 is 26.0. The third-order valence-corrected chi connectivity index (χ3v) is 4.94. The summed E-state index contributed by atoms with van der Waals surface area (Å²) in [5.41, 5.74) is 0.555. The van der Waals surface area contributed by atoms with Gasteiger partial charge in [-0.25, -0.2) is 9.19 Å². The van der Waals surface area contributed by atoms with Gasteiger partial charge >= 0.3 is 0 Å².